The number of aromatic nitrogens is 2. The largest absolute Gasteiger partial charge is 0.496 e. The Bertz CT molecular complexity index is 949. The van der Waals surface area contributed by atoms with Crippen LogP contribution in [0.5, 0.6) is 5.75 Å². The Morgan fingerprint density at radius 1 is 1.16 bits per heavy atom. The second-order valence-electron chi connectivity index (χ2n) is 5.91. The summed E-state index contributed by atoms with van der Waals surface area (Å²) in [5.41, 5.74) is 2.61. The topological polar surface area (TPSA) is 90.3 Å². The third-order valence-corrected chi connectivity index (χ3v) is 5.67. The van der Waals surface area contributed by atoms with Crippen LogP contribution >= 0.6 is 0 Å². The molecular formula is C17H23N3O4S. The third kappa shape index (κ3) is 4.08. The third-order valence-electron chi connectivity index (χ3n) is 4.09. The number of nitrogens with zero attached hydrogens (tertiary/aromatic N) is 2. The molecule has 0 aliphatic carbocycles. The van der Waals surface area contributed by atoms with Gasteiger partial charge in [0, 0.05) is 12.6 Å². The van der Waals surface area contributed by atoms with Crippen molar-refractivity contribution < 1.29 is 13.2 Å². The van der Waals surface area contributed by atoms with E-state index in [9.17, 15) is 13.2 Å². The molecule has 1 aromatic heterocycles. The van der Waals surface area contributed by atoms with Crippen LogP contribution in [-0.4, -0.2) is 31.9 Å². The molecule has 0 fully saturated rings. The first-order chi connectivity index (χ1) is 11.7. The van der Waals surface area contributed by atoms with E-state index in [0.29, 0.717) is 17.0 Å². The van der Waals surface area contributed by atoms with Gasteiger partial charge in [0.25, 0.3) is 5.56 Å². The van der Waals surface area contributed by atoms with Gasteiger partial charge in [-0.1, -0.05) is 0 Å². The number of rotatable bonds is 6. The zero-order valence-electron chi connectivity index (χ0n) is 15.1. The lowest BCUT2D eigenvalue weighted by atomic mass is 10.1. The van der Waals surface area contributed by atoms with E-state index in [-0.39, 0.29) is 23.5 Å². The maximum atomic E-state index is 12.6. The van der Waals surface area contributed by atoms with Gasteiger partial charge in [0.05, 0.1) is 24.2 Å². The number of aryl methyl sites for hydroxylation is 2. The van der Waals surface area contributed by atoms with Gasteiger partial charge in [0.2, 0.25) is 10.0 Å². The Morgan fingerprint density at radius 2 is 1.84 bits per heavy atom. The van der Waals surface area contributed by atoms with Gasteiger partial charge in [-0.2, -0.15) is 5.10 Å². The van der Waals surface area contributed by atoms with Crippen molar-refractivity contribution in [1.82, 2.24) is 14.5 Å². The normalized spacial score (nSPS) is 11.6. The Labute approximate surface area is 147 Å². The lowest BCUT2D eigenvalue weighted by Gasteiger charge is -2.16. The second kappa shape index (κ2) is 7.37. The first kappa shape index (κ1) is 19.1. The van der Waals surface area contributed by atoms with Gasteiger partial charge < -0.3 is 4.74 Å². The molecular weight excluding hydrogens is 342 g/mol. The minimum Gasteiger partial charge on any atom is -0.496 e. The zero-order chi connectivity index (χ0) is 18.8. The molecule has 0 spiro atoms. The summed E-state index contributed by atoms with van der Waals surface area (Å²) in [5.74, 6) is 0.687. The maximum Gasteiger partial charge on any atom is 0.266 e. The van der Waals surface area contributed by atoms with Crippen molar-refractivity contribution in [2.75, 3.05) is 13.7 Å². The van der Waals surface area contributed by atoms with E-state index in [4.69, 9.17) is 4.74 Å². The van der Waals surface area contributed by atoms with Gasteiger partial charge in [0.1, 0.15) is 5.75 Å². The summed E-state index contributed by atoms with van der Waals surface area (Å²) in [7, 11) is -2.14. The average molecular weight is 365 g/mol. The summed E-state index contributed by atoms with van der Waals surface area (Å²) in [6.07, 6.45) is 0. The van der Waals surface area contributed by atoms with Crippen molar-refractivity contribution in [3.8, 4) is 5.75 Å². The Balaban J connectivity index is 2.23. The van der Waals surface area contributed by atoms with Crippen molar-refractivity contribution in [3.63, 3.8) is 0 Å². The van der Waals surface area contributed by atoms with Crippen LogP contribution < -0.4 is 15.0 Å². The van der Waals surface area contributed by atoms with Crippen LogP contribution in [0.15, 0.2) is 27.9 Å². The first-order valence-electron chi connectivity index (χ1n) is 7.86. The van der Waals surface area contributed by atoms with Crippen LogP contribution in [0, 0.1) is 27.7 Å². The predicted octanol–water partition coefficient (Wildman–Crippen LogP) is 1.46. The van der Waals surface area contributed by atoms with Gasteiger partial charge in [0.15, 0.2) is 0 Å². The monoisotopic (exact) mass is 365 g/mol. The highest BCUT2D eigenvalue weighted by molar-refractivity contribution is 7.89. The molecule has 136 valence electrons. The van der Waals surface area contributed by atoms with Crippen molar-refractivity contribution in [1.29, 1.82) is 0 Å². The van der Waals surface area contributed by atoms with E-state index >= 15 is 0 Å². The van der Waals surface area contributed by atoms with Gasteiger partial charge in [-0.05, 0) is 56.5 Å². The highest BCUT2D eigenvalue weighted by Gasteiger charge is 2.21. The van der Waals surface area contributed by atoms with Crippen molar-refractivity contribution in [3.05, 3.63) is 50.9 Å². The number of ether oxygens (including phenoxy) is 1. The summed E-state index contributed by atoms with van der Waals surface area (Å²) in [5, 5.41) is 4.09. The fraction of sp³-hybridized carbons (Fsp3) is 0.412. The molecule has 0 atom stereocenters. The summed E-state index contributed by atoms with van der Waals surface area (Å²) in [4.78, 5) is 11.9. The van der Waals surface area contributed by atoms with Gasteiger partial charge in [-0.3, -0.25) is 4.79 Å². The molecule has 0 amide bonds. The number of nitrogens with one attached hydrogen (secondary N) is 1. The molecule has 0 saturated heterocycles. The minimum atomic E-state index is -3.70. The molecule has 1 N–H and O–H groups in total. The summed E-state index contributed by atoms with van der Waals surface area (Å²) in [6, 6.07) is 4.63. The fourth-order valence-electron chi connectivity index (χ4n) is 2.69. The van der Waals surface area contributed by atoms with Crippen molar-refractivity contribution in [2.24, 2.45) is 0 Å². The number of hydrogen-bond donors (Lipinski definition) is 1. The molecule has 0 aliphatic heterocycles. The number of sulfonamides is 1. The highest BCUT2D eigenvalue weighted by Crippen LogP contribution is 2.30. The molecule has 7 nitrogen and oxygen atoms in total. The Kier molecular flexibility index (Phi) is 5.64. The quantitative estimate of drug-likeness (QED) is 0.837. The summed E-state index contributed by atoms with van der Waals surface area (Å²) < 4.78 is 34.4. The number of methoxy groups -OCH3 is 1. The molecule has 0 aliphatic rings. The first-order valence-corrected chi connectivity index (χ1v) is 9.35. The average Bonchev–Trinajstić information content (AvgIpc) is 2.54. The van der Waals surface area contributed by atoms with E-state index in [2.05, 4.69) is 9.82 Å². The molecule has 0 bridgehead atoms. The zero-order valence-corrected chi connectivity index (χ0v) is 15.9. The van der Waals surface area contributed by atoms with E-state index in [0.717, 1.165) is 11.1 Å². The van der Waals surface area contributed by atoms with Crippen LogP contribution in [0.25, 0.3) is 0 Å². The molecule has 1 heterocycles. The lowest BCUT2D eigenvalue weighted by Crippen LogP contribution is -2.32. The number of hydrogen-bond acceptors (Lipinski definition) is 5. The van der Waals surface area contributed by atoms with Crippen molar-refractivity contribution >= 4 is 10.0 Å². The SMILES string of the molecule is COc1c(C)cc(S(=O)(=O)NCCn2nc(C)ccc2=O)c(C)c1C. The maximum absolute atomic E-state index is 12.6. The Hall–Kier alpha value is -2.19. The van der Waals surface area contributed by atoms with Crippen LogP contribution in [0.2, 0.25) is 0 Å². The summed E-state index contributed by atoms with van der Waals surface area (Å²) >= 11 is 0. The van der Waals surface area contributed by atoms with Crippen LogP contribution in [0.4, 0.5) is 0 Å². The van der Waals surface area contributed by atoms with Crippen LogP contribution in [0.1, 0.15) is 22.4 Å². The molecule has 2 aromatic rings. The predicted molar refractivity (Wildman–Crippen MR) is 95.6 cm³/mol. The standard InChI is InChI=1S/C17H23N3O4S/c1-11-10-15(13(3)14(4)17(11)24-5)25(22,23)18-8-9-20-16(21)7-6-12(2)19-20/h6-7,10,18H,8-9H2,1-5H3. The number of benzene rings is 1. The molecule has 2 rings (SSSR count). The van der Waals surface area contributed by atoms with E-state index in [1.807, 2.05) is 6.92 Å². The van der Waals surface area contributed by atoms with E-state index in [1.165, 1.54) is 10.7 Å². The van der Waals surface area contributed by atoms with E-state index < -0.39 is 10.0 Å². The smallest absolute Gasteiger partial charge is 0.266 e. The molecule has 1 aromatic carbocycles. The van der Waals surface area contributed by atoms with E-state index in [1.54, 1.807) is 40.0 Å². The molecule has 0 saturated carbocycles. The van der Waals surface area contributed by atoms with Crippen molar-refractivity contribution in [2.45, 2.75) is 39.1 Å². The van der Waals surface area contributed by atoms with Crippen LogP contribution in [-0.2, 0) is 16.6 Å². The second-order valence-corrected chi connectivity index (χ2v) is 7.64. The van der Waals surface area contributed by atoms with Gasteiger partial charge >= 0.3 is 0 Å². The summed E-state index contributed by atoms with van der Waals surface area (Å²) in [6.45, 7) is 7.39. The van der Waals surface area contributed by atoms with Crippen LogP contribution in [0.3, 0.4) is 0 Å². The molecule has 8 heteroatoms. The fourth-order valence-corrected chi connectivity index (χ4v) is 4.09. The lowest BCUT2D eigenvalue weighted by molar-refractivity contribution is 0.407. The minimum absolute atomic E-state index is 0.0717. The Morgan fingerprint density at radius 3 is 2.48 bits per heavy atom. The molecule has 25 heavy (non-hydrogen) atoms. The molecule has 0 unspecified atom stereocenters. The van der Waals surface area contributed by atoms with Gasteiger partial charge in [-0.25, -0.2) is 17.8 Å². The highest BCUT2D eigenvalue weighted by atomic mass is 32.2. The molecule has 0 radical (unpaired) electrons. The van der Waals surface area contributed by atoms with Gasteiger partial charge in [-0.15, -0.1) is 0 Å².